The average molecular weight is 113 g/mol. The molecule has 0 spiro atoms. The van der Waals surface area contributed by atoms with E-state index in [0.29, 0.717) is 0 Å². The van der Waals surface area contributed by atoms with Crippen molar-refractivity contribution in [2.75, 3.05) is 0 Å². The molecule has 0 bridgehead atoms. The van der Waals surface area contributed by atoms with E-state index in [4.69, 9.17) is 0 Å². The van der Waals surface area contributed by atoms with Gasteiger partial charge in [0.25, 0.3) is 0 Å². The molecule has 1 heterocycles. The van der Waals surface area contributed by atoms with Gasteiger partial charge in [-0.25, -0.2) is 4.40 Å². The Morgan fingerprint density at radius 3 is 2.71 bits per heavy atom. The van der Waals surface area contributed by atoms with Crippen molar-refractivity contribution in [3.05, 3.63) is 11.5 Å². The lowest BCUT2D eigenvalue weighted by molar-refractivity contribution is 1.46. The van der Waals surface area contributed by atoms with Crippen LogP contribution in [0.25, 0.3) is 0 Å². The van der Waals surface area contributed by atoms with Gasteiger partial charge in [0.1, 0.15) is 0 Å². The molecule has 0 aliphatic carbocycles. The molecule has 0 amide bonds. The van der Waals surface area contributed by atoms with Crippen molar-refractivity contribution >= 4 is 17.7 Å². The van der Waals surface area contributed by atoms with E-state index in [1.54, 1.807) is 0 Å². The Bertz CT molecular complexity index is 126. The maximum atomic E-state index is 4.05. The Balaban J connectivity index is 2.58. The van der Waals surface area contributed by atoms with Crippen LogP contribution in [0, 0.1) is 0 Å². The molecule has 1 aliphatic rings. The third-order valence-electron chi connectivity index (χ3n) is 0.784. The lowest BCUT2D eigenvalue weighted by Gasteiger charge is -1.80. The highest BCUT2D eigenvalue weighted by atomic mass is 32.2. The molecule has 0 fully saturated rings. The minimum absolute atomic E-state index is 0.991. The fourth-order valence-electron chi connectivity index (χ4n) is 0.492. The molecular weight excluding hydrogens is 106 g/mol. The lowest BCUT2D eigenvalue weighted by Crippen LogP contribution is -1.79. The molecule has 0 aromatic rings. The summed E-state index contributed by atoms with van der Waals surface area (Å²) >= 11 is 1.50. The zero-order valence-corrected chi connectivity index (χ0v) is 5.09. The third kappa shape index (κ3) is 1.06. The topological polar surface area (TPSA) is 12.4 Å². The van der Waals surface area contributed by atoms with Gasteiger partial charge in [-0.1, -0.05) is 6.58 Å². The first-order valence-electron chi connectivity index (χ1n) is 2.17. The number of hydrogen-bond donors (Lipinski definition) is 0. The number of rotatable bonds is 0. The number of hydrogen-bond acceptors (Lipinski definition) is 2. The second-order valence-corrected chi connectivity index (χ2v) is 2.58. The highest BCUT2D eigenvalue weighted by Crippen LogP contribution is 2.26. The Hall–Kier alpha value is -0.240. The second kappa shape index (κ2) is 1.70. The highest BCUT2D eigenvalue weighted by molar-refractivity contribution is 8.02. The molecule has 1 aliphatic heterocycles. The van der Waals surface area contributed by atoms with Crippen molar-refractivity contribution < 1.29 is 0 Å². The van der Waals surface area contributed by atoms with Crippen molar-refractivity contribution in [2.24, 2.45) is 4.40 Å². The Morgan fingerprint density at radius 2 is 2.57 bits per heavy atom. The van der Waals surface area contributed by atoms with Crippen molar-refractivity contribution in [2.45, 2.75) is 13.3 Å². The van der Waals surface area contributed by atoms with Crippen LogP contribution in [0.4, 0.5) is 0 Å². The predicted octanol–water partition coefficient (Wildman–Crippen LogP) is 2.01. The molecule has 0 saturated heterocycles. The zero-order chi connectivity index (χ0) is 5.28. The van der Waals surface area contributed by atoms with E-state index >= 15 is 0 Å². The van der Waals surface area contributed by atoms with Crippen molar-refractivity contribution in [1.82, 2.24) is 0 Å². The van der Waals surface area contributed by atoms with Gasteiger partial charge in [-0.2, -0.15) is 0 Å². The molecule has 1 nitrogen and oxygen atoms in total. The van der Waals surface area contributed by atoms with Crippen molar-refractivity contribution in [3.63, 3.8) is 0 Å². The summed E-state index contributed by atoms with van der Waals surface area (Å²) in [4.78, 5) is 1.16. The molecule has 0 N–H and O–H groups in total. The van der Waals surface area contributed by atoms with Crippen LogP contribution in [0.2, 0.25) is 0 Å². The summed E-state index contributed by atoms with van der Waals surface area (Å²) in [5.41, 5.74) is 1.19. The summed E-state index contributed by atoms with van der Waals surface area (Å²) in [5, 5.41) is 0. The van der Waals surface area contributed by atoms with E-state index in [1.165, 1.54) is 17.7 Å². The first-order valence-corrected chi connectivity index (χ1v) is 2.94. The smallest absolute Gasteiger partial charge is 0.0285 e. The van der Waals surface area contributed by atoms with Gasteiger partial charge >= 0.3 is 0 Å². The van der Waals surface area contributed by atoms with Gasteiger partial charge in [0.05, 0.1) is 0 Å². The van der Waals surface area contributed by atoms with Gasteiger partial charge in [0.15, 0.2) is 0 Å². The highest BCUT2D eigenvalue weighted by Gasteiger charge is 2.03. The first kappa shape index (κ1) is 4.91. The van der Waals surface area contributed by atoms with Crippen LogP contribution < -0.4 is 0 Å². The second-order valence-electron chi connectivity index (χ2n) is 1.63. The molecule has 0 saturated carbocycles. The average Bonchev–Trinajstić information content (AvgIpc) is 1.87. The Morgan fingerprint density at radius 1 is 1.86 bits per heavy atom. The van der Waals surface area contributed by atoms with Crippen molar-refractivity contribution in [1.29, 1.82) is 0 Å². The van der Waals surface area contributed by atoms with E-state index in [9.17, 15) is 0 Å². The molecule has 1 rings (SSSR count). The van der Waals surface area contributed by atoms with Crippen LogP contribution in [-0.2, 0) is 0 Å². The summed E-state index contributed by atoms with van der Waals surface area (Å²) in [7, 11) is 0. The Labute approximate surface area is 47.7 Å². The van der Waals surface area contributed by atoms with Gasteiger partial charge < -0.3 is 0 Å². The molecule has 2 heteroatoms. The largest absolute Gasteiger partial charge is 0.221 e. The molecule has 0 unspecified atom stereocenters. The van der Waals surface area contributed by atoms with Crippen LogP contribution in [0.15, 0.2) is 15.9 Å². The molecule has 0 radical (unpaired) electrons. The molecule has 0 atom stereocenters. The normalized spacial score (nSPS) is 20.1. The lowest BCUT2D eigenvalue weighted by atomic mass is 10.3. The standard InChI is InChI=1S/C5H7NS/c1-4-3-5(2)7-6-4/h2-3H2,1H3. The molecule has 0 aromatic carbocycles. The fraction of sp³-hybridized carbons (Fsp3) is 0.400. The number of nitrogens with zero attached hydrogens (tertiary/aromatic N) is 1. The van der Waals surface area contributed by atoms with Gasteiger partial charge in [-0.15, -0.1) is 0 Å². The van der Waals surface area contributed by atoms with E-state index in [2.05, 4.69) is 11.0 Å². The monoisotopic (exact) mass is 113 g/mol. The van der Waals surface area contributed by atoms with Crippen LogP contribution in [-0.4, -0.2) is 5.71 Å². The van der Waals surface area contributed by atoms with Crippen LogP contribution >= 0.6 is 11.9 Å². The van der Waals surface area contributed by atoms with Gasteiger partial charge in [-0.05, 0) is 6.92 Å². The molecule has 0 aromatic heterocycles. The van der Waals surface area contributed by atoms with E-state index in [1.807, 2.05) is 6.92 Å². The van der Waals surface area contributed by atoms with Gasteiger partial charge in [-0.3, -0.25) is 0 Å². The minimum Gasteiger partial charge on any atom is -0.221 e. The van der Waals surface area contributed by atoms with Gasteiger partial charge in [0, 0.05) is 29.0 Å². The summed E-state index contributed by atoms with van der Waals surface area (Å²) in [6.45, 7) is 5.77. The van der Waals surface area contributed by atoms with Crippen LogP contribution in [0.5, 0.6) is 0 Å². The summed E-state index contributed by atoms with van der Waals surface area (Å²) in [6.07, 6.45) is 0.991. The number of allylic oxidation sites excluding steroid dienone is 1. The fourth-order valence-corrected chi connectivity index (χ4v) is 1.12. The minimum atomic E-state index is 0.991. The molecule has 7 heavy (non-hydrogen) atoms. The molecule has 38 valence electrons. The van der Waals surface area contributed by atoms with E-state index in [-0.39, 0.29) is 0 Å². The van der Waals surface area contributed by atoms with Crippen LogP contribution in [0.3, 0.4) is 0 Å². The van der Waals surface area contributed by atoms with Gasteiger partial charge in [0.2, 0.25) is 0 Å². The predicted molar refractivity (Wildman–Crippen MR) is 34.5 cm³/mol. The SMILES string of the molecule is C=C1CC(C)=NS1. The quantitative estimate of drug-likeness (QED) is 0.438. The maximum absolute atomic E-state index is 4.05. The van der Waals surface area contributed by atoms with Crippen molar-refractivity contribution in [3.8, 4) is 0 Å². The van der Waals surface area contributed by atoms with Crippen LogP contribution in [0.1, 0.15) is 13.3 Å². The first-order chi connectivity index (χ1) is 3.29. The maximum Gasteiger partial charge on any atom is 0.0285 e. The zero-order valence-electron chi connectivity index (χ0n) is 4.27. The Kier molecular flexibility index (Phi) is 1.19. The summed E-state index contributed by atoms with van der Waals surface area (Å²) in [5.74, 6) is 0. The summed E-state index contributed by atoms with van der Waals surface area (Å²) < 4.78 is 4.05. The van der Waals surface area contributed by atoms with E-state index in [0.717, 1.165) is 11.3 Å². The van der Waals surface area contributed by atoms with E-state index < -0.39 is 0 Å². The molecular formula is C5H7NS. The third-order valence-corrected chi connectivity index (χ3v) is 1.59. The summed E-state index contributed by atoms with van der Waals surface area (Å²) in [6, 6.07) is 0.